The average molecular weight is 228 g/mol. The molecule has 1 atom stereocenters. The number of aromatic nitrogens is 1. The number of hydrogen-bond acceptors (Lipinski definition) is 3. The first-order chi connectivity index (χ1) is 8.15. The number of benzene rings is 1. The first-order valence-electron chi connectivity index (χ1n) is 5.61. The van der Waals surface area contributed by atoms with Crippen molar-refractivity contribution in [3.8, 4) is 11.5 Å². The van der Waals surface area contributed by atoms with Crippen LogP contribution in [0.25, 0.3) is 0 Å². The average Bonchev–Trinajstić information content (AvgIpc) is 2.33. The van der Waals surface area contributed by atoms with E-state index in [1.807, 2.05) is 50.2 Å². The second kappa shape index (κ2) is 4.97. The zero-order valence-corrected chi connectivity index (χ0v) is 10.1. The van der Waals surface area contributed by atoms with Crippen LogP contribution in [0.15, 0.2) is 42.6 Å². The number of nitrogens with two attached hydrogens (primary N) is 1. The van der Waals surface area contributed by atoms with Crippen molar-refractivity contribution >= 4 is 0 Å². The Bertz CT molecular complexity index is 475. The minimum Gasteiger partial charge on any atom is -0.456 e. The minimum absolute atomic E-state index is 0.0464. The second-order valence-electron chi connectivity index (χ2n) is 4.10. The summed E-state index contributed by atoms with van der Waals surface area (Å²) in [6.45, 7) is 3.90. The monoisotopic (exact) mass is 228 g/mol. The van der Waals surface area contributed by atoms with Crippen molar-refractivity contribution in [1.82, 2.24) is 4.98 Å². The molecule has 0 fully saturated rings. The maximum Gasteiger partial charge on any atom is 0.145 e. The summed E-state index contributed by atoms with van der Waals surface area (Å²) in [6.07, 6.45) is 1.72. The molecule has 0 spiro atoms. The third kappa shape index (κ3) is 3.04. The summed E-state index contributed by atoms with van der Waals surface area (Å²) in [5.41, 5.74) is 7.86. The van der Waals surface area contributed by atoms with Crippen LogP contribution in [0.3, 0.4) is 0 Å². The van der Waals surface area contributed by atoms with Crippen molar-refractivity contribution in [2.24, 2.45) is 5.73 Å². The zero-order valence-electron chi connectivity index (χ0n) is 10.1. The quantitative estimate of drug-likeness (QED) is 0.877. The maximum absolute atomic E-state index is 5.78. The van der Waals surface area contributed by atoms with Crippen molar-refractivity contribution in [1.29, 1.82) is 0 Å². The summed E-state index contributed by atoms with van der Waals surface area (Å²) >= 11 is 0. The normalized spacial score (nSPS) is 12.2. The molecule has 2 aromatic rings. The lowest BCUT2D eigenvalue weighted by molar-refractivity contribution is 0.479. The second-order valence-corrected chi connectivity index (χ2v) is 4.10. The predicted octanol–water partition coefficient (Wildman–Crippen LogP) is 3.20. The highest BCUT2D eigenvalue weighted by Gasteiger charge is 2.01. The maximum atomic E-state index is 5.78. The standard InChI is InChI=1S/C14H16N2O/c1-10-3-6-14(9-16-10)17-13-7-4-12(5-8-13)11(2)15/h3-9,11H,15H2,1-2H3/t11-/m0/s1. The molecule has 2 rings (SSSR count). The van der Waals surface area contributed by atoms with Crippen LogP contribution in [0.5, 0.6) is 11.5 Å². The van der Waals surface area contributed by atoms with E-state index in [-0.39, 0.29) is 6.04 Å². The van der Waals surface area contributed by atoms with Gasteiger partial charge in [-0.05, 0) is 43.7 Å². The fraction of sp³-hybridized carbons (Fsp3) is 0.214. The lowest BCUT2D eigenvalue weighted by Gasteiger charge is -2.08. The van der Waals surface area contributed by atoms with Crippen LogP contribution in [0.2, 0.25) is 0 Å². The van der Waals surface area contributed by atoms with Gasteiger partial charge in [-0.2, -0.15) is 0 Å². The molecule has 3 heteroatoms. The van der Waals surface area contributed by atoms with E-state index in [0.29, 0.717) is 0 Å². The van der Waals surface area contributed by atoms with E-state index in [2.05, 4.69) is 4.98 Å². The smallest absolute Gasteiger partial charge is 0.145 e. The highest BCUT2D eigenvalue weighted by molar-refractivity contribution is 5.33. The molecule has 0 saturated heterocycles. The van der Waals surface area contributed by atoms with Crippen LogP contribution in [0, 0.1) is 6.92 Å². The molecule has 0 radical (unpaired) electrons. The number of pyridine rings is 1. The topological polar surface area (TPSA) is 48.1 Å². The fourth-order valence-electron chi connectivity index (χ4n) is 1.49. The predicted molar refractivity (Wildman–Crippen MR) is 68.1 cm³/mol. The Balaban J connectivity index is 2.11. The van der Waals surface area contributed by atoms with E-state index < -0.39 is 0 Å². The van der Waals surface area contributed by atoms with Gasteiger partial charge < -0.3 is 10.5 Å². The van der Waals surface area contributed by atoms with Gasteiger partial charge in [0.15, 0.2) is 0 Å². The molecule has 0 aliphatic rings. The molecule has 0 aliphatic carbocycles. The molecular formula is C14H16N2O. The van der Waals surface area contributed by atoms with Crippen molar-refractivity contribution in [2.45, 2.75) is 19.9 Å². The number of hydrogen-bond donors (Lipinski definition) is 1. The first kappa shape index (κ1) is 11.6. The van der Waals surface area contributed by atoms with Gasteiger partial charge in [-0.3, -0.25) is 4.98 Å². The third-order valence-corrected chi connectivity index (χ3v) is 2.53. The Hall–Kier alpha value is -1.87. The molecule has 0 bridgehead atoms. The molecule has 3 nitrogen and oxygen atoms in total. The Morgan fingerprint density at radius 1 is 1.06 bits per heavy atom. The summed E-state index contributed by atoms with van der Waals surface area (Å²) in [7, 11) is 0. The van der Waals surface area contributed by atoms with Gasteiger partial charge in [0, 0.05) is 11.7 Å². The Morgan fingerprint density at radius 2 is 1.71 bits per heavy atom. The van der Waals surface area contributed by atoms with Crippen molar-refractivity contribution in [2.75, 3.05) is 0 Å². The van der Waals surface area contributed by atoms with Crippen molar-refractivity contribution in [3.63, 3.8) is 0 Å². The van der Waals surface area contributed by atoms with Crippen molar-refractivity contribution in [3.05, 3.63) is 53.9 Å². The van der Waals surface area contributed by atoms with E-state index in [1.165, 1.54) is 0 Å². The number of ether oxygens (including phenoxy) is 1. The van der Waals surface area contributed by atoms with Gasteiger partial charge in [-0.1, -0.05) is 12.1 Å². The summed E-state index contributed by atoms with van der Waals surface area (Å²) in [5.74, 6) is 1.53. The van der Waals surface area contributed by atoms with E-state index in [9.17, 15) is 0 Å². The molecule has 0 amide bonds. The summed E-state index contributed by atoms with van der Waals surface area (Å²) in [6, 6.07) is 11.7. The lowest BCUT2D eigenvalue weighted by Crippen LogP contribution is -2.04. The largest absolute Gasteiger partial charge is 0.456 e. The summed E-state index contributed by atoms with van der Waals surface area (Å²) in [4.78, 5) is 4.18. The molecule has 88 valence electrons. The van der Waals surface area contributed by atoms with Crippen molar-refractivity contribution < 1.29 is 4.74 Å². The van der Waals surface area contributed by atoms with Gasteiger partial charge in [0.25, 0.3) is 0 Å². The minimum atomic E-state index is 0.0464. The molecule has 1 heterocycles. The van der Waals surface area contributed by atoms with E-state index in [1.54, 1.807) is 6.20 Å². The van der Waals surface area contributed by atoms with E-state index in [4.69, 9.17) is 10.5 Å². The number of nitrogens with zero attached hydrogens (tertiary/aromatic N) is 1. The fourth-order valence-corrected chi connectivity index (χ4v) is 1.49. The van der Waals surface area contributed by atoms with Crippen LogP contribution in [0.4, 0.5) is 0 Å². The van der Waals surface area contributed by atoms with Crippen LogP contribution >= 0.6 is 0 Å². The molecule has 1 aromatic heterocycles. The van der Waals surface area contributed by atoms with E-state index in [0.717, 1.165) is 22.8 Å². The Labute approximate surface area is 101 Å². The van der Waals surface area contributed by atoms with Gasteiger partial charge in [0.2, 0.25) is 0 Å². The third-order valence-electron chi connectivity index (χ3n) is 2.53. The molecular weight excluding hydrogens is 212 g/mol. The van der Waals surface area contributed by atoms with Gasteiger partial charge in [-0.15, -0.1) is 0 Å². The van der Waals surface area contributed by atoms with Crippen LogP contribution < -0.4 is 10.5 Å². The molecule has 17 heavy (non-hydrogen) atoms. The molecule has 0 aliphatic heterocycles. The van der Waals surface area contributed by atoms with Gasteiger partial charge in [0.05, 0.1) is 6.20 Å². The first-order valence-corrected chi connectivity index (χ1v) is 5.61. The van der Waals surface area contributed by atoms with E-state index >= 15 is 0 Å². The Kier molecular flexibility index (Phi) is 3.40. The van der Waals surface area contributed by atoms with Gasteiger partial charge in [-0.25, -0.2) is 0 Å². The highest BCUT2D eigenvalue weighted by Crippen LogP contribution is 2.22. The van der Waals surface area contributed by atoms with Gasteiger partial charge in [0.1, 0.15) is 11.5 Å². The molecule has 1 aromatic carbocycles. The van der Waals surface area contributed by atoms with Gasteiger partial charge >= 0.3 is 0 Å². The highest BCUT2D eigenvalue weighted by atomic mass is 16.5. The SMILES string of the molecule is Cc1ccc(Oc2ccc([C@H](C)N)cc2)cn1. The molecule has 2 N–H and O–H groups in total. The molecule has 0 unspecified atom stereocenters. The summed E-state index contributed by atoms with van der Waals surface area (Å²) in [5, 5.41) is 0. The number of aryl methyl sites for hydroxylation is 1. The summed E-state index contributed by atoms with van der Waals surface area (Å²) < 4.78 is 5.66. The van der Waals surface area contributed by atoms with Crippen LogP contribution in [-0.4, -0.2) is 4.98 Å². The lowest BCUT2D eigenvalue weighted by atomic mass is 10.1. The number of rotatable bonds is 3. The Morgan fingerprint density at radius 3 is 2.24 bits per heavy atom. The van der Waals surface area contributed by atoms with Crippen LogP contribution in [0.1, 0.15) is 24.2 Å². The molecule has 0 saturated carbocycles. The van der Waals surface area contributed by atoms with Crippen LogP contribution in [-0.2, 0) is 0 Å². The zero-order chi connectivity index (χ0) is 12.3.